The number of nitrogens with zero attached hydrogens (tertiary/aromatic N) is 2. The van der Waals surface area contributed by atoms with Gasteiger partial charge in [-0.25, -0.2) is 14.0 Å². The summed E-state index contributed by atoms with van der Waals surface area (Å²) in [5.74, 6) is 1.76. The highest BCUT2D eigenvalue weighted by Crippen LogP contribution is 2.67. The van der Waals surface area contributed by atoms with Crippen molar-refractivity contribution in [2.45, 2.75) is 178 Å². The number of likely N-dealkylation sites (tertiary alicyclic amines) is 2. The van der Waals surface area contributed by atoms with Crippen molar-refractivity contribution in [3.8, 4) is 0 Å². The number of urea groups is 2. The van der Waals surface area contributed by atoms with Crippen molar-refractivity contribution in [3.05, 3.63) is 69.5 Å². The van der Waals surface area contributed by atoms with Gasteiger partial charge in [0.05, 0.1) is 22.3 Å². The molecule has 5 saturated carbocycles. The average molecular weight is 1130 g/mol. The lowest BCUT2D eigenvalue weighted by atomic mass is 9.70. The van der Waals surface area contributed by atoms with Crippen LogP contribution in [0.4, 0.5) is 14.0 Å². The molecule has 2 aromatic carbocycles. The van der Waals surface area contributed by atoms with Crippen LogP contribution in [0.2, 0.25) is 10.0 Å². The van der Waals surface area contributed by atoms with Gasteiger partial charge in [-0.15, -0.1) is 0 Å². The van der Waals surface area contributed by atoms with E-state index >= 15 is 4.39 Å². The van der Waals surface area contributed by atoms with Gasteiger partial charge in [-0.3, -0.25) is 4.79 Å². The Morgan fingerprint density at radius 1 is 0.859 bits per heavy atom. The second-order valence-electron chi connectivity index (χ2n) is 24.4. The molecule has 17 heteroatoms. The first kappa shape index (κ1) is 62.3. The molecule has 78 heavy (non-hydrogen) atoms. The number of halogens is 3. The first-order chi connectivity index (χ1) is 37.5. The minimum absolute atomic E-state index is 0.00919. The van der Waals surface area contributed by atoms with Crippen molar-refractivity contribution in [2.75, 3.05) is 73.2 Å². The van der Waals surface area contributed by atoms with E-state index in [0.29, 0.717) is 82.0 Å². The molecule has 438 valence electrons. The van der Waals surface area contributed by atoms with Gasteiger partial charge < -0.3 is 56.5 Å². The van der Waals surface area contributed by atoms with E-state index in [0.717, 1.165) is 88.3 Å². The zero-order chi connectivity index (χ0) is 55.9. The maximum Gasteiger partial charge on any atom is 0.317 e. The molecule has 9 atom stereocenters. The standard InChI is InChI=1S/C31H51ClN4O3.C30H45ClFN3O4/c1-4-39-19-9-8-17-31(35-24(2)37,26-14-10-16-28(32)21-26)27-15-11-18-36(23-27)30(38)34-29(22-33-3)20-25-12-6-5-7-13-25;1-39-11-3-2-9-30(38,23-7-4-8-24(31)26(23)32)21-6-5-10-35(18-21)28(37)34-17-25(33)27(36)29-15-19-12-20(16-29)14-22(29)13-19/h10,14,16,21,25,27,29,33H,4-9,11-13,15,17-20,22-23H2,1-3H3,(H,34,38)(H,35,37);4,7-8,19-22,25,27,36,38H,2-3,5-6,9-18,33H2,1H3,(H,34,37)/t27-,29+,31-;19?,20?,21?,22?,25-,27-,29?,30+/m11/s1. The number of hydrogen-bond acceptors (Lipinski definition) is 9. The molecule has 8 N–H and O–H groups in total. The Labute approximate surface area is 475 Å². The third-order valence-corrected chi connectivity index (χ3v) is 19.6. The molecule has 7 aliphatic rings. The molecule has 7 fully saturated rings. The zero-order valence-electron chi connectivity index (χ0n) is 47.5. The van der Waals surface area contributed by atoms with Crippen molar-refractivity contribution in [3.63, 3.8) is 0 Å². The van der Waals surface area contributed by atoms with Crippen molar-refractivity contribution >= 4 is 41.2 Å². The van der Waals surface area contributed by atoms with Gasteiger partial charge in [0.25, 0.3) is 0 Å². The molecule has 14 nitrogen and oxygen atoms in total. The summed E-state index contributed by atoms with van der Waals surface area (Å²) in [6.07, 6.45) is 20.3. The topological polar surface area (TPSA) is 191 Å². The maximum atomic E-state index is 15.2. The number of benzene rings is 2. The van der Waals surface area contributed by atoms with E-state index in [4.69, 9.17) is 38.4 Å². The van der Waals surface area contributed by atoms with Gasteiger partial charge in [0.1, 0.15) is 5.82 Å². The fraction of sp³-hybridized carbons (Fsp3) is 0.754. The normalized spacial score (nSPS) is 26.7. The number of aliphatic hydroxyl groups is 2. The van der Waals surface area contributed by atoms with Crippen LogP contribution in [-0.2, 0) is 25.4 Å². The Bertz CT molecular complexity index is 2210. The summed E-state index contributed by atoms with van der Waals surface area (Å²) in [6.45, 7) is 8.71. The quantitative estimate of drug-likeness (QED) is 0.0475. The summed E-state index contributed by atoms with van der Waals surface area (Å²) in [5.41, 5.74) is 5.54. The smallest absolute Gasteiger partial charge is 0.317 e. The lowest BCUT2D eigenvalue weighted by Gasteiger charge is -2.47. The van der Waals surface area contributed by atoms with Gasteiger partial charge >= 0.3 is 12.1 Å². The number of nitrogens with two attached hydrogens (primary N) is 1. The van der Waals surface area contributed by atoms with Crippen LogP contribution >= 0.6 is 23.2 Å². The van der Waals surface area contributed by atoms with Crippen LogP contribution in [0.15, 0.2) is 42.5 Å². The van der Waals surface area contributed by atoms with Crippen LogP contribution in [0.5, 0.6) is 0 Å². The number of likely N-dealkylation sites (N-methyl/N-ethyl adjacent to an activating group) is 1. The predicted molar refractivity (Wildman–Crippen MR) is 308 cm³/mol. The molecule has 0 aromatic heterocycles. The van der Waals surface area contributed by atoms with Crippen molar-refractivity contribution in [1.29, 1.82) is 0 Å². The van der Waals surface area contributed by atoms with Gasteiger partial charge in [-0.05, 0) is 164 Å². The highest BCUT2D eigenvalue weighted by Gasteiger charge is 2.61. The predicted octanol–water partition coefficient (Wildman–Crippen LogP) is 10.3. The van der Waals surface area contributed by atoms with E-state index in [2.05, 4.69) is 27.3 Å². The second kappa shape index (κ2) is 29.6. The molecular weight excluding hydrogens is 1030 g/mol. The van der Waals surface area contributed by atoms with Crippen LogP contribution in [0.3, 0.4) is 0 Å². The summed E-state index contributed by atoms with van der Waals surface area (Å²) < 4.78 is 25.9. The van der Waals surface area contributed by atoms with E-state index in [1.165, 1.54) is 57.4 Å². The number of unbranched alkanes of at least 4 members (excludes halogenated alkanes) is 2. The van der Waals surface area contributed by atoms with Crippen LogP contribution in [0.1, 0.15) is 160 Å². The molecule has 2 heterocycles. The summed E-state index contributed by atoms with van der Waals surface area (Å²) in [5, 5.41) is 36.9. The summed E-state index contributed by atoms with van der Waals surface area (Å²) in [4.78, 5) is 43.2. The molecule has 5 aliphatic carbocycles. The fourth-order valence-corrected chi connectivity index (χ4v) is 15.9. The van der Waals surface area contributed by atoms with Crippen molar-refractivity contribution < 1.29 is 38.5 Å². The Morgan fingerprint density at radius 2 is 1.53 bits per heavy atom. The number of hydrogen-bond donors (Lipinski definition) is 7. The Morgan fingerprint density at radius 3 is 2.21 bits per heavy atom. The molecule has 2 aliphatic heterocycles. The van der Waals surface area contributed by atoms with Gasteiger partial charge in [0, 0.05) is 113 Å². The van der Waals surface area contributed by atoms with Gasteiger partial charge in [-0.1, -0.05) is 79.6 Å². The largest absolute Gasteiger partial charge is 0.391 e. The molecule has 2 aromatic rings. The number of aliphatic hydroxyl groups excluding tert-OH is 1. The summed E-state index contributed by atoms with van der Waals surface area (Å²) in [6, 6.07) is 11.9. The lowest BCUT2D eigenvalue weighted by Crippen LogP contribution is -2.58. The third kappa shape index (κ3) is 15.6. The van der Waals surface area contributed by atoms with E-state index < -0.39 is 29.1 Å². The third-order valence-electron chi connectivity index (χ3n) is 19.1. The molecule has 2 saturated heterocycles. The molecular formula is C61H96Cl2FN7O7. The van der Waals surface area contributed by atoms with Crippen molar-refractivity contribution in [2.24, 2.45) is 46.7 Å². The van der Waals surface area contributed by atoms with Crippen LogP contribution in [0.25, 0.3) is 0 Å². The lowest BCUT2D eigenvalue weighted by molar-refractivity contribution is -0.122. The van der Waals surface area contributed by atoms with Crippen LogP contribution < -0.4 is 27.0 Å². The monoisotopic (exact) mass is 1130 g/mol. The van der Waals surface area contributed by atoms with Crippen LogP contribution in [-0.4, -0.2) is 129 Å². The second-order valence-corrected chi connectivity index (χ2v) is 25.2. The molecule has 4 bridgehead atoms. The van der Waals surface area contributed by atoms with Crippen LogP contribution in [0, 0.1) is 46.7 Å². The van der Waals surface area contributed by atoms with Gasteiger partial charge in [0.15, 0.2) is 0 Å². The molecule has 9 rings (SSSR count). The highest BCUT2D eigenvalue weighted by atomic mass is 35.5. The zero-order valence-corrected chi connectivity index (χ0v) is 49.0. The van der Waals surface area contributed by atoms with Gasteiger partial charge in [-0.2, -0.15) is 0 Å². The Hall–Kier alpha value is -3.28. The number of nitrogens with one attached hydrogen (secondary N) is 4. The minimum atomic E-state index is -1.46. The first-order valence-corrected chi connectivity index (χ1v) is 30.8. The number of carbonyl (C=O) groups excluding carboxylic acids is 3. The maximum absolute atomic E-state index is 15.2. The number of amides is 5. The Balaban J connectivity index is 0.000000226. The van der Waals surface area contributed by atoms with E-state index in [9.17, 15) is 24.6 Å². The van der Waals surface area contributed by atoms with E-state index in [1.54, 1.807) is 31.1 Å². The summed E-state index contributed by atoms with van der Waals surface area (Å²) >= 11 is 12.6. The molecule has 0 spiro atoms. The van der Waals surface area contributed by atoms with Crippen molar-refractivity contribution in [1.82, 2.24) is 31.1 Å². The average Bonchev–Trinajstić information content (AvgIpc) is 4.07. The Kier molecular flexibility index (Phi) is 23.7. The number of methoxy groups -OCH3 is 1. The number of carbonyl (C=O) groups is 3. The summed E-state index contributed by atoms with van der Waals surface area (Å²) in [7, 11) is 3.59. The fourth-order valence-electron chi connectivity index (χ4n) is 15.5. The number of rotatable bonds is 25. The molecule has 5 amide bonds. The molecule has 3 unspecified atom stereocenters. The van der Waals surface area contributed by atoms with Gasteiger partial charge in [0.2, 0.25) is 5.91 Å². The highest BCUT2D eigenvalue weighted by molar-refractivity contribution is 6.31. The van der Waals surface area contributed by atoms with E-state index in [-0.39, 0.29) is 58.4 Å². The first-order valence-electron chi connectivity index (χ1n) is 30.0. The minimum Gasteiger partial charge on any atom is -0.391 e. The molecule has 0 radical (unpaired) electrons. The number of piperidine rings is 2. The SMILES string of the molecule is CCOCCCC[C@@](NC(C)=O)(c1cccc(Cl)c1)[C@@H]1CCCN(C(=O)N[C@H](CNC)CC2CCCCC2)C1.COCCCC[C@@](O)(c1cccc(Cl)c1F)C1CCCN(C(=O)NC[C@@H](N)[C@@H](O)C23CC4CC(CC2C4)C3)C1. The van der Waals surface area contributed by atoms with E-state index in [1.807, 2.05) is 37.1 Å². The number of ether oxygens (including phenoxy) is 2.